The summed E-state index contributed by atoms with van der Waals surface area (Å²) >= 11 is 0. The minimum Gasteiger partial charge on any atom is -0.405 e. The summed E-state index contributed by atoms with van der Waals surface area (Å²) in [5, 5.41) is 6.91. The number of alkyl halides is 3. The van der Waals surface area contributed by atoms with E-state index < -0.39 is 18.0 Å². The number of anilines is 2. The average molecular weight is 568 g/mol. The predicted octanol–water partition coefficient (Wildman–Crippen LogP) is 4.90. The first-order chi connectivity index (χ1) is 19.4. The van der Waals surface area contributed by atoms with Gasteiger partial charge in [-0.3, -0.25) is 14.6 Å². The molecule has 1 saturated carbocycles. The molecule has 41 heavy (non-hydrogen) atoms. The Labute approximate surface area is 233 Å². The van der Waals surface area contributed by atoms with E-state index in [-0.39, 0.29) is 40.9 Å². The van der Waals surface area contributed by atoms with Crippen molar-refractivity contribution in [3.8, 4) is 17.0 Å². The molecule has 2 amide bonds. The highest BCUT2D eigenvalue weighted by molar-refractivity contribution is 6.11. The van der Waals surface area contributed by atoms with Crippen molar-refractivity contribution in [2.75, 3.05) is 11.1 Å². The third kappa shape index (κ3) is 5.93. The van der Waals surface area contributed by atoms with Crippen molar-refractivity contribution in [2.45, 2.75) is 52.6 Å². The van der Waals surface area contributed by atoms with Crippen LogP contribution in [0.4, 0.5) is 24.7 Å². The fourth-order valence-corrected chi connectivity index (χ4v) is 4.72. The molecule has 214 valence electrons. The minimum absolute atomic E-state index is 0.000378. The zero-order valence-corrected chi connectivity index (χ0v) is 22.6. The Bertz CT molecular complexity index is 1630. The van der Waals surface area contributed by atoms with Crippen LogP contribution in [0.5, 0.6) is 5.75 Å². The van der Waals surface area contributed by atoms with Gasteiger partial charge < -0.3 is 20.7 Å². The number of amides is 2. The van der Waals surface area contributed by atoms with Gasteiger partial charge in [0, 0.05) is 30.5 Å². The normalized spacial score (nSPS) is 14.1. The summed E-state index contributed by atoms with van der Waals surface area (Å²) in [5.41, 5.74) is 8.71. The maximum Gasteiger partial charge on any atom is 0.573 e. The third-order valence-electron chi connectivity index (χ3n) is 7.33. The second-order valence-corrected chi connectivity index (χ2v) is 10.1. The number of nitrogens with two attached hydrogens (primary N) is 1. The zero-order chi connectivity index (χ0) is 29.5. The standard InChI is InChI=1S/C28H28F3N7O3/c1-15-6-8-33-12-22(15)35-27(40)24-25(32)36-38-9-7-21(34-26(24)38)19-10-20(13-37(14-39)17(3)18-4-5-18)16(2)23(11-19)41-28(29,30)31/h6-12,14,17-18H,4-5,13H2,1-3H3,(H2,32,36)(H,35,40). The number of nitrogens with zero attached hydrogens (tertiary/aromatic N) is 5. The molecule has 1 fully saturated rings. The van der Waals surface area contributed by atoms with Crippen molar-refractivity contribution in [3.05, 3.63) is 65.1 Å². The van der Waals surface area contributed by atoms with E-state index in [0.29, 0.717) is 29.1 Å². The van der Waals surface area contributed by atoms with Gasteiger partial charge in [0.2, 0.25) is 6.41 Å². The maximum absolute atomic E-state index is 13.3. The van der Waals surface area contributed by atoms with Crippen molar-refractivity contribution in [1.82, 2.24) is 24.5 Å². The van der Waals surface area contributed by atoms with E-state index in [1.54, 1.807) is 36.2 Å². The molecule has 0 saturated heterocycles. The lowest BCUT2D eigenvalue weighted by Gasteiger charge is -2.27. The number of aromatic nitrogens is 4. The number of carbonyl (C=O) groups excluding carboxylic acids is 2. The summed E-state index contributed by atoms with van der Waals surface area (Å²) in [5.74, 6) is -0.685. The fourth-order valence-electron chi connectivity index (χ4n) is 4.72. The van der Waals surface area contributed by atoms with Gasteiger partial charge >= 0.3 is 6.36 Å². The van der Waals surface area contributed by atoms with Gasteiger partial charge in [-0.1, -0.05) is 0 Å². The highest BCUT2D eigenvalue weighted by Crippen LogP contribution is 2.37. The molecule has 10 nitrogen and oxygen atoms in total. The number of benzene rings is 1. The molecule has 1 aromatic carbocycles. The lowest BCUT2D eigenvalue weighted by molar-refractivity contribution is -0.274. The number of carbonyl (C=O) groups is 2. The molecule has 3 N–H and O–H groups in total. The van der Waals surface area contributed by atoms with Crippen LogP contribution >= 0.6 is 0 Å². The van der Waals surface area contributed by atoms with Crippen molar-refractivity contribution < 1.29 is 27.5 Å². The Kier molecular flexibility index (Phi) is 7.28. The topological polar surface area (TPSA) is 128 Å². The first-order valence-corrected chi connectivity index (χ1v) is 12.9. The van der Waals surface area contributed by atoms with Crippen LogP contribution in [-0.4, -0.2) is 49.2 Å². The lowest BCUT2D eigenvalue weighted by atomic mass is 10.0. The fraction of sp³-hybridized carbons (Fsp3) is 0.321. The number of ether oxygens (including phenoxy) is 1. The van der Waals surface area contributed by atoms with E-state index in [1.165, 1.54) is 29.9 Å². The number of hydrogen-bond acceptors (Lipinski definition) is 7. The quantitative estimate of drug-likeness (QED) is 0.276. The van der Waals surface area contributed by atoms with Gasteiger partial charge in [-0.2, -0.15) is 0 Å². The summed E-state index contributed by atoms with van der Waals surface area (Å²) in [6.45, 7) is 5.34. The number of pyridine rings is 1. The zero-order valence-electron chi connectivity index (χ0n) is 22.6. The molecular formula is C28H28F3N7O3. The summed E-state index contributed by atoms with van der Waals surface area (Å²) < 4.78 is 45.7. The largest absolute Gasteiger partial charge is 0.573 e. The predicted molar refractivity (Wildman–Crippen MR) is 145 cm³/mol. The van der Waals surface area contributed by atoms with Crippen LogP contribution in [0.3, 0.4) is 0 Å². The van der Waals surface area contributed by atoms with Gasteiger partial charge in [-0.05, 0) is 80.5 Å². The number of aryl methyl sites for hydroxylation is 1. The second-order valence-electron chi connectivity index (χ2n) is 10.1. The summed E-state index contributed by atoms with van der Waals surface area (Å²) in [4.78, 5) is 35.3. The van der Waals surface area contributed by atoms with Crippen molar-refractivity contribution >= 4 is 29.5 Å². The van der Waals surface area contributed by atoms with E-state index in [4.69, 9.17) is 5.73 Å². The average Bonchev–Trinajstić information content (AvgIpc) is 3.71. The van der Waals surface area contributed by atoms with Gasteiger partial charge in [0.25, 0.3) is 5.91 Å². The summed E-state index contributed by atoms with van der Waals surface area (Å²) in [7, 11) is 0. The van der Waals surface area contributed by atoms with Gasteiger partial charge in [-0.15, -0.1) is 18.3 Å². The van der Waals surface area contributed by atoms with E-state index in [2.05, 4.69) is 25.1 Å². The second kappa shape index (κ2) is 10.7. The van der Waals surface area contributed by atoms with E-state index in [9.17, 15) is 22.8 Å². The van der Waals surface area contributed by atoms with E-state index in [1.807, 2.05) is 6.92 Å². The highest BCUT2D eigenvalue weighted by atomic mass is 19.4. The van der Waals surface area contributed by atoms with Crippen molar-refractivity contribution in [3.63, 3.8) is 0 Å². The molecule has 0 bridgehead atoms. The van der Waals surface area contributed by atoms with Gasteiger partial charge in [0.05, 0.1) is 17.6 Å². The number of fused-ring (bicyclic) bond motifs is 1. The van der Waals surface area contributed by atoms with Crippen LogP contribution in [0.1, 0.15) is 46.8 Å². The van der Waals surface area contributed by atoms with Gasteiger partial charge in [0.15, 0.2) is 11.5 Å². The SMILES string of the molecule is Cc1ccncc1NC(=O)c1c(N)nn2ccc(-c3cc(CN(C=O)C(C)C4CC4)c(C)c(OC(F)(F)F)c3)nc12. The van der Waals surface area contributed by atoms with Gasteiger partial charge in [-0.25, -0.2) is 9.50 Å². The number of rotatable bonds is 9. The van der Waals surface area contributed by atoms with Crippen LogP contribution in [0.25, 0.3) is 16.9 Å². The smallest absolute Gasteiger partial charge is 0.405 e. The first kappa shape index (κ1) is 27.9. The van der Waals surface area contributed by atoms with Gasteiger partial charge in [0.1, 0.15) is 11.3 Å². The molecule has 3 heterocycles. The van der Waals surface area contributed by atoms with Crippen LogP contribution < -0.4 is 15.8 Å². The Morgan fingerprint density at radius 3 is 2.71 bits per heavy atom. The van der Waals surface area contributed by atoms with Crippen molar-refractivity contribution in [1.29, 1.82) is 0 Å². The molecule has 3 aromatic heterocycles. The molecule has 0 aliphatic heterocycles. The molecular weight excluding hydrogens is 539 g/mol. The maximum atomic E-state index is 13.3. The van der Waals surface area contributed by atoms with Crippen molar-refractivity contribution in [2.24, 2.45) is 5.92 Å². The Morgan fingerprint density at radius 1 is 1.29 bits per heavy atom. The molecule has 4 aromatic rings. The summed E-state index contributed by atoms with van der Waals surface area (Å²) in [6.07, 6.45) is 2.39. The number of hydrogen-bond donors (Lipinski definition) is 2. The number of nitrogens with one attached hydrogen (secondary N) is 1. The first-order valence-electron chi connectivity index (χ1n) is 12.9. The molecule has 1 atom stereocenters. The molecule has 13 heteroatoms. The Morgan fingerprint density at radius 2 is 2.05 bits per heavy atom. The van der Waals surface area contributed by atoms with E-state index >= 15 is 0 Å². The van der Waals surface area contributed by atoms with E-state index in [0.717, 1.165) is 18.4 Å². The van der Waals surface area contributed by atoms with Crippen LogP contribution in [-0.2, 0) is 11.3 Å². The lowest BCUT2D eigenvalue weighted by Crippen LogP contribution is -2.33. The Hall–Kier alpha value is -4.68. The molecule has 1 unspecified atom stereocenters. The molecule has 0 radical (unpaired) electrons. The molecule has 1 aliphatic rings. The van der Waals surface area contributed by atoms with Crippen LogP contribution in [0, 0.1) is 19.8 Å². The molecule has 5 rings (SSSR count). The highest BCUT2D eigenvalue weighted by Gasteiger charge is 2.34. The number of nitrogen functional groups attached to an aromatic ring is 1. The molecule has 0 spiro atoms. The monoisotopic (exact) mass is 567 g/mol. The Balaban J connectivity index is 1.56. The van der Waals surface area contributed by atoms with Crippen LogP contribution in [0.15, 0.2) is 42.9 Å². The third-order valence-corrected chi connectivity index (χ3v) is 7.33. The van der Waals surface area contributed by atoms with Crippen LogP contribution in [0.2, 0.25) is 0 Å². The molecule has 1 aliphatic carbocycles. The minimum atomic E-state index is -4.93. The number of halogens is 3. The summed E-state index contributed by atoms with van der Waals surface area (Å²) in [6, 6.07) is 6.13.